The number of halogens is 3. The van der Waals surface area contributed by atoms with Gasteiger partial charge in [0.2, 0.25) is 5.95 Å². The molecule has 0 unspecified atom stereocenters. The van der Waals surface area contributed by atoms with Gasteiger partial charge < -0.3 is 9.88 Å². The van der Waals surface area contributed by atoms with E-state index in [-0.39, 0.29) is 0 Å². The fourth-order valence-electron chi connectivity index (χ4n) is 3.96. The lowest BCUT2D eigenvalue weighted by Crippen LogP contribution is -2.34. The third kappa shape index (κ3) is 3.49. The topological polar surface area (TPSA) is 44.8 Å². The zero-order chi connectivity index (χ0) is 21.6. The van der Waals surface area contributed by atoms with E-state index in [4.69, 9.17) is 0 Å². The maximum Gasteiger partial charge on any atom is 0.419 e. The van der Waals surface area contributed by atoms with E-state index in [2.05, 4.69) is 54.4 Å². The Morgan fingerprint density at radius 3 is 2.57 bits per heavy atom. The SMILES string of the molecule is C=C1CCN(c2ncc(C(F)(F)F)cn2)C/C1=C(/C)c1cc(C)c(C)c2[nH]ccc12. The van der Waals surface area contributed by atoms with E-state index in [9.17, 15) is 13.2 Å². The van der Waals surface area contributed by atoms with Crippen molar-refractivity contribution >= 4 is 22.4 Å². The summed E-state index contributed by atoms with van der Waals surface area (Å²) < 4.78 is 38.4. The van der Waals surface area contributed by atoms with Crippen molar-refractivity contribution in [2.24, 2.45) is 0 Å². The average Bonchev–Trinajstić information content (AvgIpc) is 3.20. The molecule has 0 spiro atoms. The standard InChI is InChI=1S/C23H23F3N4/c1-13-6-8-30(22-28-10-17(11-29-22)23(24,25)26)12-20(13)16(4)19-9-14(2)15(3)21-18(19)5-7-27-21/h5,7,9-11,27H,1,6,8,12H2,2-4H3/b20-16+. The van der Waals surface area contributed by atoms with E-state index in [1.54, 1.807) is 0 Å². The number of anilines is 1. The third-order valence-electron chi connectivity index (χ3n) is 5.93. The number of nitrogens with zero attached hydrogens (tertiary/aromatic N) is 3. The van der Waals surface area contributed by atoms with Crippen molar-refractivity contribution < 1.29 is 13.2 Å². The van der Waals surface area contributed by atoms with Crippen LogP contribution in [0.25, 0.3) is 16.5 Å². The lowest BCUT2D eigenvalue weighted by Gasteiger charge is -2.31. The number of aryl methyl sites for hydroxylation is 2. The van der Waals surface area contributed by atoms with Crippen molar-refractivity contribution in [2.75, 3.05) is 18.0 Å². The molecular weight excluding hydrogens is 389 g/mol. The summed E-state index contributed by atoms with van der Waals surface area (Å²) in [6.45, 7) is 11.6. The number of alkyl halides is 3. The second-order valence-electron chi connectivity index (χ2n) is 7.78. The Morgan fingerprint density at radius 2 is 1.90 bits per heavy atom. The fourth-order valence-corrected chi connectivity index (χ4v) is 3.96. The minimum atomic E-state index is -4.44. The Labute approximate surface area is 173 Å². The number of H-pyrrole nitrogens is 1. The molecule has 1 fully saturated rings. The normalized spacial score (nSPS) is 17.0. The number of fused-ring (bicyclic) bond motifs is 1. The number of benzene rings is 1. The number of aromatic nitrogens is 3. The molecule has 3 aromatic rings. The monoisotopic (exact) mass is 412 g/mol. The highest BCUT2D eigenvalue weighted by Gasteiger charge is 2.32. The number of hydrogen-bond acceptors (Lipinski definition) is 3. The first-order valence-corrected chi connectivity index (χ1v) is 9.76. The smallest absolute Gasteiger partial charge is 0.361 e. The maximum absolute atomic E-state index is 12.8. The predicted molar refractivity (Wildman–Crippen MR) is 113 cm³/mol. The van der Waals surface area contributed by atoms with Crippen LogP contribution >= 0.6 is 0 Å². The summed E-state index contributed by atoms with van der Waals surface area (Å²) in [6, 6.07) is 4.26. The molecular formula is C23H23F3N4. The highest BCUT2D eigenvalue weighted by atomic mass is 19.4. The summed E-state index contributed by atoms with van der Waals surface area (Å²) in [4.78, 5) is 13.2. The van der Waals surface area contributed by atoms with E-state index in [1.165, 1.54) is 11.1 Å². The van der Waals surface area contributed by atoms with Gasteiger partial charge in [-0.2, -0.15) is 13.2 Å². The molecule has 1 aromatic carbocycles. The first-order chi connectivity index (χ1) is 14.2. The highest BCUT2D eigenvalue weighted by molar-refractivity contribution is 5.95. The molecule has 1 saturated heterocycles. The summed E-state index contributed by atoms with van der Waals surface area (Å²) in [7, 11) is 0. The third-order valence-corrected chi connectivity index (χ3v) is 5.93. The molecule has 0 saturated carbocycles. The lowest BCUT2D eigenvalue weighted by molar-refractivity contribution is -0.138. The number of allylic oxidation sites excluding steroid dienone is 1. The van der Waals surface area contributed by atoms with Crippen LogP contribution in [-0.4, -0.2) is 28.0 Å². The molecule has 30 heavy (non-hydrogen) atoms. The Hall–Kier alpha value is -3.09. The summed E-state index contributed by atoms with van der Waals surface area (Å²) >= 11 is 0. The van der Waals surface area contributed by atoms with Gasteiger partial charge in [0.05, 0.1) is 5.56 Å². The van der Waals surface area contributed by atoms with Gasteiger partial charge in [-0.3, -0.25) is 0 Å². The highest BCUT2D eigenvalue weighted by Crippen LogP contribution is 2.35. The fraction of sp³-hybridized carbons (Fsp3) is 0.304. The minimum Gasteiger partial charge on any atom is -0.361 e. The summed E-state index contributed by atoms with van der Waals surface area (Å²) in [6.07, 6.45) is -0.111. The van der Waals surface area contributed by atoms with Gasteiger partial charge in [-0.25, -0.2) is 9.97 Å². The van der Waals surface area contributed by atoms with Gasteiger partial charge in [-0.05, 0) is 66.7 Å². The number of aromatic amines is 1. The van der Waals surface area contributed by atoms with Crippen LogP contribution in [0.4, 0.5) is 19.1 Å². The molecule has 2 aromatic heterocycles. The molecule has 0 radical (unpaired) electrons. The number of nitrogens with one attached hydrogen (secondary N) is 1. The molecule has 7 heteroatoms. The van der Waals surface area contributed by atoms with Gasteiger partial charge in [0.25, 0.3) is 0 Å². The Balaban J connectivity index is 1.72. The van der Waals surface area contributed by atoms with Gasteiger partial charge in [-0.15, -0.1) is 0 Å². The minimum absolute atomic E-state index is 0.299. The van der Waals surface area contributed by atoms with Crippen LogP contribution in [0.2, 0.25) is 0 Å². The summed E-state index contributed by atoms with van der Waals surface area (Å²) in [5.41, 5.74) is 7.07. The molecule has 156 valence electrons. The second-order valence-corrected chi connectivity index (χ2v) is 7.78. The van der Waals surface area contributed by atoms with Gasteiger partial charge in [0.1, 0.15) is 0 Å². The van der Waals surface area contributed by atoms with Crippen LogP contribution < -0.4 is 4.90 Å². The van der Waals surface area contributed by atoms with Crippen LogP contribution in [0.5, 0.6) is 0 Å². The second kappa shape index (κ2) is 7.31. The molecule has 0 bridgehead atoms. The van der Waals surface area contributed by atoms with Crippen molar-refractivity contribution in [1.29, 1.82) is 0 Å². The molecule has 0 aliphatic carbocycles. The van der Waals surface area contributed by atoms with Crippen LogP contribution in [-0.2, 0) is 6.18 Å². The zero-order valence-electron chi connectivity index (χ0n) is 17.2. The number of hydrogen-bond donors (Lipinski definition) is 1. The van der Waals surface area contributed by atoms with Crippen molar-refractivity contribution in [2.45, 2.75) is 33.4 Å². The molecule has 0 atom stereocenters. The molecule has 4 nitrogen and oxygen atoms in total. The van der Waals surface area contributed by atoms with Gasteiger partial charge >= 0.3 is 6.18 Å². The first kappa shape index (κ1) is 20.2. The van der Waals surface area contributed by atoms with Crippen molar-refractivity contribution in [3.8, 4) is 0 Å². The van der Waals surface area contributed by atoms with Crippen LogP contribution in [0.15, 0.2) is 48.4 Å². The summed E-state index contributed by atoms with van der Waals surface area (Å²) in [5.74, 6) is 0.299. The number of piperidine rings is 1. The molecule has 1 aliphatic heterocycles. The van der Waals surface area contributed by atoms with Crippen molar-refractivity contribution in [1.82, 2.24) is 15.0 Å². The van der Waals surface area contributed by atoms with E-state index >= 15 is 0 Å². The van der Waals surface area contributed by atoms with E-state index < -0.39 is 11.7 Å². The van der Waals surface area contributed by atoms with Crippen molar-refractivity contribution in [3.05, 3.63) is 70.7 Å². The largest absolute Gasteiger partial charge is 0.419 e. The Bertz CT molecular complexity index is 1150. The zero-order valence-corrected chi connectivity index (χ0v) is 17.2. The average molecular weight is 412 g/mol. The first-order valence-electron chi connectivity index (χ1n) is 9.76. The predicted octanol–water partition coefficient (Wildman–Crippen LogP) is 5.83. The van der Waals surface area contributed by atoms with Gasteiger partial charge in [0.15, 0.2) is 0 Å². The molecule has 0 amide bonds. The molecule has 3 heterocycles. The van der Waals surface area contributed by atoms with Gasteiger partial charge in [-0.1, -0.05) is 12.6 Å². The Kier molecular flexibility index (Phi) is 4.92. The quantitative estimate of drug-likeness (QED) is 0.576. The molecule has 1 N–H and O–H groups in total. The van der Waals surface area contributed by atoms with Crippen LogP contribution in [0.3, 0.4) is 0 Å². The molecule has 4 rings (SSSR count). The van der Waals surface area contributed by atoms with Crippen LogP contribution in [0.1, 0.15) is 35.6 Å². The Morgan fingerprint density at radius 1 is 1.20 bits per heavy atom. The maximum atomic E-state index is 12.8. The molecule has 1 aliphatic rings. The lowest BCUT2D eigenvalue weighted by atomic mass is 9.89. The van der Waals surface area contributed by atoms with E-state index in [0.717, 1.165) is 45.6 Å². The van der Waals surface area contributed by atoms with E-state index in [1.807, 2.05) is 11.1 Å². The van der Waals surface area contributed by atoms with E-state index in [0.29, 0.717) is 25.5 Å². The van der Waals surface area contributed by atoms with Gasteiger partial charge in [0, 0.05) is 42.6 Å². The number of rotatable bonds is 2. The summed E-state index contributed by atoms with van der Waals surface area (Å²) in [5, 5.41) is 1.15. The van der Waals surface area contributed by atoms with Crippen molar-refractivity contribution in [3.63, 3.8) is 0 Å². The van der Waals surface area contributed by atoms with Crippen LogP contribution in [0, 0.1) is 13.8 Å².